The van der Waals surface area contributed by atoms with E-state index in [0.29, 0.717) is 6.54 Å². The van der Waals surface area contributed by atoms with Gasteiger partial charge in [0.05, 0.1) is 14.2 Å². The highest BCUT2D eigenvalue weighted by Crippen LogP contribution is 2.33. The van der Waals surface area contributed by atoms with Crippen LogP contribution in [0.15, 0.2) is 21.9 Å². The largest absolute Gasteiger partial charge is 0.493 e. The standard InChI is InChI=1S/C22H32N6O3.HI/c1-23-21(24-9-6-11-28-22(29)27-10-5-4-7-20(27)25-28)26-12-8-16-13-18(30-2)19(31-3)14-17(16)15-26;/h13-14H,4-12,15H2,1-3H3,(H,23,24);1H. The van der Waals surface area contributed by atoms with Gasteiger partial charge in [-0.15, -0.1) is 24.0 Å². The van der Waals surface area contributed by atoms with Crippen LogP contribution in [0.4, 0.5) is 0 Å². The Bertz CT molecular complexity index is 1020. The maximum absolute atomic E-state index is 12.5. The number of methoxy groups -OCH3 is 2. The van der Waals surface area contributed by atoms with Crippen molar-refractivity contribution in [2.45, 2.75) is 51.7 Å². The second-order valence-electron chi connectivity index (χ2n) is 8.01. The average Bonchev–Trinajstić information content (AvgIpc) is 3.13. The van der Waals surface area contributed by atoms with Gasteiger partial charge in [0.25, 0.3) is 0 Å². The van der Waals surface area contributed by atoms with Gasteiger partial charge in [-0.3, -0.25) is 9.56 Å². The molecule has 0 aliphatic carbocycles. The Hall–Kier alpha value is -2.24. The molecule has 0 saturated carbocycles. The summed E-state index contributed by atoms with van der Waals surface area (Å²) in [5.41, 5.74) is 2.53. The Labute approximate surface area is 205 Å². The van der Waals surface area contributed by atoms with E-state index in [4.69, 9.17) is 9.47 Å². The Morgan fingerprint density at radius 3 is 2.56 bits per heavy atom. The van der Waals surface area contributed by atoms with Crippen LogP contribution in [-0.2, 0) is 32.5 Å². The molecular formula is C22H33IN6O3. The Morgan fingerprint density at radius 2 is 1.88 bits per heavy atom. The van der Waals surface area contributed by atoms with Gasteiger partial charge in [0.1, 0.15) is 5.82 Å². The van der Waals surface area contributed by atoms with Crippen molar-refractivity contribution in [1.29, 1.82) is 0 Å². The third-order valence-electron chi connectivity index (χ3n) is 6.09. The van der Waals surface area contributed by atoms with Gasteiger partial charge in [-0.2, -0.15) is 5.10 Å². The summed E-state index contributed by atoms with van der Waals surface area (Å²) in [4.78, 5) is 19.2. The second kappa shape index (κ2) is 11.1. The minimum atomic E-state index is 0. The van der Waals surface area contributed by atoms with Crippen LogP contribution in [0.25, 0.3) is 0 Å². The summed E-state index contributed by atoms with van der Waals surface area (Å²) in [7, 11) is 5.13. The zero-order valence-electron chi connectivity index (χ0n) is 19.1. The number of aromatic nitrogens is 3. The van der Waals surface area contributed by atoms with E-state index in [9.17, 15) is 4.79 Å². The van der Waals surface area contributed by atoms with Crippen LogP contribution in [0.1, 0.15) is 36.2 Å². The summed E-state index contributed by atoms with van der Waals surface area (Å²) >= 11 is 0. The Kier molecular flexibility index (Phi) is 8.44. The molecule has 0 spiro atoms. The number of benzene rings is 1. The topological polar surface area (TPSA) is 85.9 Å². The minimum Gasteiger partial charge on any atom is -0.493 e. The monoisotopic (exact) mass is 556 g/mol. The number of aliphatic imine (C=N–C) groups is 1. The first kappa shape index (κ1) is 24.4. The molecule has 0 bridgehead atoms. The highest BCUT2D eigenvalue weighted by molar-refractivity contribution is 14.0. The molecule has 10 heteroatoms. The SMILES string of the molecule is CN=C(NCCCn1nc2n(c1=O)CCCC2)N1CCc2cc(OC)c(OC)cc2C1.I. The average molecular weight is 556 g/mol. The van der Waals surface area contributed by atoms with Crippen LogP contribution in [0.2, 0.25) is 0 Å². The predicted molar refractivity (Wildman–Crippen MR) is 134 cm³/mol. The minimum absolute atomic E-state index is 0. The van der Waals surface area contributed by atoms with Crippen LogP contribution < -0.4 is 20.5 Å². The van der Waals surface area contributed by atoms with Gasteiger partial charge in [0, 0.05) is 46.2 Å². The zero-order chi connectivity index (χ0) is 21.8. The smallest absolute Gasteiger partial charge is 0.345 e. The van der Waals surface area contributed by atoms with Gasteiger partial charge in [-0.05, 0) is 48.9 Å². The third-order valence-corrected chi connectivity index (χ3v) is 6.09. The Balaban J connectivity index is 0.00000289. The maximum atomic E-state index is 12.5. The van der Waals surface area contributed by atoms with Crippen molar-refractivity contribution < 1.29 is 9.47 Å². The number of nitrogens with one attached hydrogen (secondary N) is 1. The lowest BCUT2D eigenvalue weighted by Crippen LogP contribution is -2.44. The Morgan fingerprint density at radius 1 is 1.12 bits per heavy atom. The van der Waals surface area contributed by atoms with E-state index in [1.54, 1.807) is 25.9 Å². The van der Waals surface area contributed by atoms with Crippen molar-refractivity contribution in [2.24, 2.45) is 4.99 Å². The van der Waals surface area contributed by atoms with Crippen LogP contribution in [0.3, 0.4) is 0 Å². The molecule has 3 heterocycles. The van der Waals surface area contributed by atoms with Gasteiger partial charge in [-0.1, -0.05) is 0 Å². The molecule has 0 atom stereocenters. The van der Waals surface area contributed by atoms with Crippen LogP contribution in [0, 0.1) is 0 Å². The number of fused-ring (bicyclic) bond motifs is 2. The molecule has 0 amide bonds. The fourth-order valence-corrected chi connectivity index (χ4v) is 4.42. The van der Waals surface area contributed by atoms with Gasteiger partial charge in [0.2, 0.25) is 0 Å². The molecular weight excluding hydrogens is 523 g/mol. The third kappa shape index (κ3) is 5.05. The first-order valence-electron chi connectivity index (χ1n) is 11.0. The molecule has 32 heavy (non-hydrogen) atoms. The fourth-order valence-electron chi connectivity index (χ4n) is 4.42. The lowest BCUT2D eigenvalue weighted by atomic mass is 9.99. The summed E-state index contributed by atoms with van der Waals surface area (Å²) in [6.45, 7) is 3.80. The molecule has 0 fully saturated rings. The second-order valence-corrected chi connectivity index (χ2v) is 8.01. The van der Waals surface area contributed by atoms with E-state index in [1.807, 2.05) is 4.57 Å². The van der Waals surface area contributed by atoms with Gasteiger partial charge in [-0.25, -0.2) is 9.48 Å². The maximum Gasteiger partial charge on any atom is 0.345 e. The summed E-state index contributed by atoms with van der Waals surface area (Å²) in [6, 6.07) is 4.13. The number of hydrogen-bond donors (Lipinski definition) is 1. The predicted octanol–water partition coefficient (Wildman–Crippen LogP) is 2.04. The van der Waals surface area contributed by atoms with Crippen LogP contribution in [0.5, 0.6) is 11.5 Å². The number of guanidine groups is 1. The highest BCUT2D eigenvalue weighted by Gasteiger charge is 2.22. The molecule has 1 aromatic heterocycles. The summed E-state index contributed by atoms with van der Waals surface area (Å²) < 4.78 is 14.3. The van der Waals surface area contributed by atoms with Crippen molar-refractivity contribution in [1.82, 2.24) is 24.6 Å². The van der Waals surface area contributed by atoms with Crippen molar-refractivity contribution in [2.75, 3.05) is 34.4 Å². The molecule has 0 radical (unpaired) electrons. The van der Waals surface area contributed by atoms with Crippen molar-refractivity contribution in [3.8, 4) is 11.5 Å². The molecule has 0 unspecified atom stereocenters. The zero-order valence-corrected chi connectivity index (χ0v) is 21.4. The normalized spacial score (nSPS) is 15.5. The molecule has 4 rings (SSSR count). The molecule has 2 aliphatic heterocycles. The number of hydrogen-bond acceptors (Lipinski definition) is 5. The quantitative estimate of drug-likeness (QED) is 0.254. The number of aryl methyl sites for hydroxylation is 2. The van der Waals surface area contributed by atoms with Crippen molar-refractivity contribution in [3.05, 3.63) is 39.6 Å². The van der Waals surface area contributed by atoms with Crippen LogP contribution in [-0.4, -0.2) is 59.6 Å². The molecule has 1 N–H and O–H groups in total. The van der Waals surface area contributed by atoms with E-state index >= 15 is 0 Å². The summed E-state index contributed by atoms with van der Waals surface area (Å²) in [5.74, 6) is 3.32. The number of ether oxygens (including phenoxy) is 2. The summed E-state index contributed by atoms with van der Waals surface area (Å²) in [6.07, 6.45) is 4.82. The lowest BCUT2D eigenvalue weighted by molar-refractivity contribution is 0.345. The van der Waals surface area contributed by atoms with Gasteiger partial charge < -0.3 is 19.7 Å². The van der Waals surface area contributed by atoms with E-state index in [0.717, 1.165) is 81.6 Å². The van der Waals surface area contributed by atoms with Crippen molar-refractivity contribution >= 4 is 29.9 Å². The first-order chi connectivity index (χ1) is 15.1. The van der Waals surface area contributed by atoms with Crippen LogP contribution >= 0.6 is 24.0 Å². The van der Waals surface area contributed by atoms with Gasteiger partial charge >= 0.3 is 5.69 Å². The molecule has 1 aromatic carbocycles. The van der Waals surface area contributed by atoms with E-state index in [2.05, 4.69) is 32.4 Å². The van der Waals surface area contributed by atoms with E-state index in [1.165, 1.54) is 11.1 Å². The molecule has 176 valence electrons. The van der Waals surface area contributed by atoms with E-state index in [-0.39, 0.29) is 29.7 Å². The van der Waals surface area contributed by atoms with Crippen molar-refractivity contribution in [3.63, 3.8) is 0 Å². The lowest BCUT2D eigenvalue weighted by Gasteiger charge is -2.32. The number of rotatable bonds is 6. The molecule has 0 saturated heterocycles. The van der Waals surface area contributed by atoms with E-state index < -0.39 is 0 Å². The summed E-state index contributed by atoms with van der Waals surface area (Å²) in [5, 5.41) is 7.95. The molecule has 2 aromatic rings. The molecule has 2 aliphatic rings. The fraction of sp³-hybridized carbons (Fsp3) is 0.591. The van der Waals surface area contributed by atoms with Gasteiger partial charge in [0.15, 0.2) is 17.5 Å². The molecule has 9 nitrogen and oxygen atoms in total. The highest BCUT2D eigenvalue weighted by atomic mass is 127. The number of nitrogens with zero attached hydrogens (tertiary/aromatic N) is 5. The first-order valence-corrected chi connectivity index (χ1v) is 11.0. The number of halogens is 1.